The Morgan fingerprint density at radius 1 is 1.18 bits per heavy atom. The van der Waals surface area contributed by atoms with Gasteiger partial charge in [-0.25, -0.2) is 13.1 Å². The van der Waals surface area contributed by atoms with Crippen molar-refractivity contribution in [3.63, 3.8) is 0 Å². The Balaban J connectivity index is 1.96. The highest BCUT2D eigenvalue weighted by molar-refractivity contribution is 7.88. The summed E-state index contributed by atoms with van der Waals surface area (Å²) in [5.41, 5.74) is 4.12. The molecule has 0 radical (unpaired) electrons. The van der Waals surface area contributed by atoms with Crippen molar-refractivity contribution >= 4 is 21.6 Å². The average molecular weight is 341 g/mol. The highest BCUT2D eigenvalue weighted by Gasteiger charge is 2.14. The lowest BCUT2D eigenvalue weighted by molar-refractivity contribution is 0.580. The molecular weight excluding hydrogens is 320 g/mol. The summed E-state index contributed by atoms with van der Waals surface area (Å²) in [6.45, 7) is 4.47. The normalized spacial score (nSPS) is 11.8. The molecule has 0 aliphatic rings. The van der Waals surface area contributed by atoms with E-state index in [9.17, 15) is 8.42 Å². The van der Waals surface area contributed by atoms with Gasteiger partial charge in [-0.2, -0.15) is 0 Å². The second-order valence-electron chi connectivity index (χ2n) is 5.45. The number of halogens is 1. The van der Waals surface area contributed by atoms with Gasteiger partial charge in [-0.15, -0.1) is 0 Å². The largest absolute Gasteiger partial charge is 0.352 e. The van der Waals surface area contributed by atoms with Crippen LogP contribution in [0.25, 0.3) is 0 Å². The standard InChI is InChI=1S/C16H21ClN2O2S/c1-12-10-14(13(2)19(12)3)8-9-18-22(20,21)11-15-6-4-5-7-16(15)17/h4-7,10,18H,8-9,11H2,1-3H3. The van der Waals surface area contributed by atoms with Gasteiger partial charge in [0.05, 0.1) is 5.75 Å². The number of nitrogens with one attached hydrogen (secondary N) is 1. The van der Waals surface area contributed by atoms with Gasteiger partial charge in [0.25, 0.3) is 0 Å². The summed E-state index contributed by atoms with van der Waals surface area (Å²) in [6, 6.07) is 9.09. The van der Waals surface area contributed by atoms with E-state index in [1.165, 1.54) is 17.0 Å². The van der Waals surface area contributed by atoms with Crippen molar-refractivity contribution in [2.75, 3.05) is 6.54 Å². The molecule has 0 saturated heterocycles. The van der Waals surface area contributed by atoms with Crippen molar-refractivity contribution in [1.82, 2.24) is 9.29 Å². The molecule has 1 aromatic carbocycles. The Labute approximate surface area is 137 Å². The molecule has 22 heavy (non-hydrogen) atoms. The van der Waals surface area contributed by atoms with Crippen molar-refractivity contribution in [2.24, 2.45) is 7.05 Å². The van der Waals surface area contributed by atoms with Crippen LogP contribution in [0.15, 0.2) is 30.3 Å². The predicted octanol–water partition coefficient (Wildman–Crippen LogP) is 2.96. The zero-order chi connectivity index (χ0) is 16.3. The van der Waals surface area contributed by atoms with Gasteiger partial charge in [-0.3, -0.25) is 0 Å². The van der Waals surface area contributed by atoms with Crippen LogP contribution < -0.4 is 4.72 Å². The number of sulfonamides is 1. The maximum absolute atomic E-state index is 12.1. The van der Waals surface area contributed by atoms with Crippen molar-refractivity contribution < 1.29 is 8.42 Å². The van der Waals surface area contributed by atoms with E-state index in [-0.39, 0.29) is 5.75 Å². The zero-order valence-electron chi connectivity index (χ0n) is 13.1. The Morgan fingerprint density at radius 2 is 1.86 bits per heavy atom. The van der Waals surface area contributed by atoms with Gasteiger partial charge in [0.1, 0.15) is 0 Å². The van der Waals surface area contributed by atoms with E-state index < -0.39 is 10.0 Å². The van der Waals surface area contributed by atoms with E-state index >= 15 is 0 Å². The van der Waals surface area contributed by atoms with Gasteiger partial charge >= 0.3 is 0 Å². The molecule has 0 fully saturated rings. The molecule has 0 bridgehead atoms. The quantitative estimate of drug-likeness (QED) is 0.879. The molecule has 4 nitrogen and oxygen atoms in total. The molecule has 1 aromatic heterocycles. The van der Waals surface area contributed by atoms with Gasteiger partial charge in [0, 0.05) is 30.0 Å². The minimum Gasteiger partial charge on any atom is -0.352 e. The van der Waals surface area contributed by atoms with Crippen molar-refractivity contribution in [1.29, 1.82) is 0 Å². The predicted molar refractivity (Wildman–Crippen MR) is 90.7 cm³/mol. The first-order chi connectivity index (χ1) is 10.3. The fourth-order valence-corrected chi connectivity index (χ4v) is 3.86. The van der Waals surface area contributed by atoms with Crippen LogP contribution in [0.3, 0.4) is 0 Å². The fraction of sp³-hybridized carbons (Fsp3) is 0.375. The van der Waals surface area contributed by atoms with E-state index in [0.29, 0.717) is 23.6 Å². The molecule has 0 spiro atoms. The fourth-order valence-electron chi connectivity index (χ4n) is 2.40. The number of hydrogen-bond donors (Lipinski definition) is 1. The molecule has 0 amide bonds. The molecular formula is C16H21ClN2O2S. The molecule has 0 unspecified atom stereocenters. The molecule has 1 heterocycles. The molecule has 2 aromatic rings. The van der Waals surface area contributed by atoms with E-state index in [1.807, 2.05) is 20.9 Å². The molecule has 0 saturated carbocycles. The smallest absolute Gasteiger partial charge is 0.215 e. The third kappa shape index (κ3) is 4.12. The first-order valence-corrected chi connectivity index (χ1v) is 9.16. The maximum atomic E-state index is 12.1. The van der Waals surface area contributed by atoms with Gasteiger partial charge in [0.2, 0.25) is 10.0 Å². The first-order valence-electron chi connectivity index (χ1n) is 7.12. The first kappa shape index (κ1) is 17.1. The minimum atomic E-state index is -3.38. The third-order valence-electron chi connectivity index (χ3n) is 3.90. The molecule has 6 heteroatoms. The number of benzene rings is 1. The number of aromatic nitrogens is 1. The monoisotopic (exact) mass is 340 g/mol. The van der Waals surface area contributed by atoms with Crippen LogP contribution >= 0.6 is 11.6 Å². The summed E-state index contributed by atoms with van der Waals surface area (Å²) in [7, 11) is -1.38. The molecule has 0 aliphatic carbocycles. The summed E-state index contributed by atoms with van der Waals surface area (Å²) < 4.78 is 29.0. The lowest BCUT2D eigenvalue weighted by atomic mass is 10.2. The Hall–Kier alpha value is -1.30. The summed E-state index contributed by atoms with van der Waals surface area (Å²) in [5, 5.41) is 0.474. The van der Waals surface area contributed by atoms with Crippen LogP contribution in [-0.4, -0.2) is 19.5 Å². The lowest BCUT2D eigenvalue weighted by Crippen LogP contribution is -2.27. The van der Waals surface area contributed by atoms with Crippen molar-refractivity contribution in [3.05, 3.63) is 57.9 Å². The topological polar surface area (TPSA) is 51.1 Å². The van der Waals surface area contributed by atoms with Gasteiger partial charge in [-0.05, 0) is 43.5 Å². The van der Waals surface area contributed by atoms with Crippen LogP contribution in [0.4, 0.5) is 0 Å². The van der Waals surface area contributed by atoms with Crippen LogP contribution in [0.1, 0.15) is 22.5 Å². The Kier molecular flexibility index (Phi) is 5.32. The van der Waals surface area contributed by atoms with E-state index in [0.717, 1.165) is 0 Å². The average Bonchev–Trinajstić information content (AvgIpc) is 2.69. The third-order valence-corrected chi connectivity index (χ3v) is 5.60. The van der Waals surface area contributed by atoms with Gasteiger partial charge in [0.15, 0.2) is 0 Å². The molecule has 2 rings (SSSR count). The molecule has 0 atom stereocenters. The molecule has 0 aliphatic heterocycles. The van der Waals surface area contributed by atoms with Crippen molar-refractivity contribution in [3.8, 4) is 0 Å². The highest BCUT2D eigenvalue weighted by atomic mass is 35.5. The number of aryl methyl sites for hydroxylation is 1. The van der Waals surface area contributed by atoms with Crippen LogP contribution in [0.5, 0.6) is 0 Å². The zero-order valence-corrected chi connectivity index (χ0v) is 14.6. The minimum absolute atomic E-state index is 0.0977. The van der Waals surface area contributed by atoms with Gasteiger partial charge in [-0.1, -0.05) is 29.8 Å². The second-order valence-corrected chi connectivity index (χ2v) is 7.66. The maximum Gasteiger partial charge on any atom is 0.215 e. The summed E-state index contributed by atoms with van der Waals surface area (Å²) in [6.07, 6.45) is 0.676. The van der Waals surface area contributed by atoms with Gasteiger partial charge < -0.3 is 4.57 Å². The van der Waals surface area contributed by atoms with E-state index in [1.54, 1.807) is 24.3 Å². The van der Waals surface area contributed by atoms with Crippen LogP contribution in [-0.2, 0) is 29.2 Å². The summed E-state index contributed by atoms with van der Waals surface area (Å²) in [4.78, 5) is 0. The number of hydrogen-bond acceptors (Lipinski definition) is 2. The van der Waals surface area contributed by atoms with Crippen LogP contribution in [0.2, 0.25) is 5.02 Å². The lowest BCUT2D eigenvalue weighted by Gasteiger charge is -2.08. The number of nitrogens with zero attached hydrogens (tertiary/aromatic N) is 1. The van der Waals surface area contributed by atoms with E-state index in [2.05, 4.69) is 15.4 Å². The van der Waals surface area contributed by atoms with Crippen LogP contribution in [0, 0.1) is 13.8 Å². The molecule has 120 valence electrons. The second kappa shape index (κ2) is 6.86. The Morgan fingerprint density at radius 3 is 2.45 bits per heavy atom. The summed E-state index contributed by atoms with van der Waals surface area (Å²) >= 11 is 6.01. The Bertz CT molecular complexity index is 766. The summed E-state index contributed by atoms with van der Waals surface area (Å²) in [5.74, 6) is -0.0977. The number of rotatable bonds is 6. The van der Waals surface area contributed by atoms with E-state index in [4.69, 9.17) is 11.6 Å². The molecule has 1 N–H and O–H groups in total. The SMILES string of the molecule is Cc1cc(CCNS(=O)(=O)Cc2ccccc2Cl)c(C)n1C. The highest BCUT2D eigenvalue weighted by Crippen LogP contribution is 2.17. The van der Waals surface area contributed by atoms with Crippen molar-refractivity contribution in [2.45, 2.75) is 26.0 Å².